The number of amides is 1. The van der Waals surface area contributed by atoms with Gasteiger partial charge in [-0.05, 0) is 71.5 Å². The Labute approximate surface area is 231 Å². The predicted octanol–water partition coefficient (Wildman–Crippen LogP) is 6.99. The number of benzene rings is 3. The lowest BCUT2D eigenvalue weighted by atomic mass is 9.99. The van der Waals surface area contributed by atoms with Crippen molar-refractivity contribution in [2.45, 2.75) is 26.5 Å². The summed E-state index contributed by atoms with van der Waals surface area (Å²) in [7, 11) is 0. The Hall–Kier alpha value is -4.36. The van der Waals surface area contributed by atoms with E-state index in [0.717, 1.165) is 10.4 Å². The Balaban J connectivity index is 1.44. The van der Waals surface area contributed by atoms with E-state index in [0.29, 0.717) is 41.9 Å². The molecule has 1 unspecified atom stereocenters. The molecule has 1 N–H and O–H groups in total. The summed E-state index contributed by atoms with van der Waals surface area (Å²) in [6, 6.07) is 26.8. The largest absolute Gasteiger partial charge is 0.507 e. The molecule has 1 aliphatic rings. The highest BCUT2D eigenvalue weighted by atomic mass is 32.1. The molecule has 1 amide bonds. The number of aliphatic hydroxyl groups excluding tert-OH is 1. The number of hydrogen-bond donors (Lipinski definition) is 1. The zero-order valence-electron chi connectivity index (χ0n) is 21.7. The van der Waals surface area contributed by atoms with Gasteiger partial charge in [-0.25, -0.2) is 0 Å². The van der Waals surface area contributed by atoms with Crippen LogP contribution in [-0.4, -0.2) is 23.4 Å². The third kappa shape index (κ3) is 5.73. The summed E-state index contributed by atoms with van der Waals surface area (Å²) < 4.78 is 11.6. The van der Waals surface area contributed by atoms with Gasteiger partial charge in [0.2, 0.25) is 0 Å². The van der Waals surface area contributed by atoms with E-state index in [4.69, 9.17) is 9.47 Å². The zero-order valence-corrected chi connectivity index (χ0v) is 22.6. The van der Waals surface area contributed by atoms with E-state index in [9.17, 15) is 14.7 Å². The van der Waals surface area contributed by atoms with E-state index < -0.39 is 17.7 Å². The van der Waals surface area contributed by atoms with Crippen LogP contribution in [0.4, 0.5) is 5.69 Å². The minimum Gasteiger partial charge on any atom is -0.507 e. The van der Waals surface area contributed by atoms with Crippen molar-refractivity contribution < 1.29 is 24.2 Å². The van der Waals surface area contributed by atoms with E-state index >= 15 is 0 Å². The van der Waals surface area contributed by atoms with Crippen molar-refractivity contribution in [3.05, 3.63) is 118 Å². The first-order valence-corrected chi connectivity index (χ1v) is 13.6. The maximum atomic E-state index is 13.3. The number of hydrogen-bond acceptors (Lipinski definition) is 6. The van der Waals surface area contributed by atoms with Crippen LogP contribution in [0.15, 0.2) is 102 Å². The van der Waals surface area contributed by atoms with Gasteiger partial charge in [-0.2, -0.15) is 0 Å². The van der Waals surface area contributed by atoms with E-state index in [1.165, 1.54) is 16.2 Å². The second-order valence-electron chi connectivity index (χ2n) is 9.68. The molecular formula is C32H29NO5S. The van der Waals surface area contributed by atoms with Gasteiger partial charge in [-0.3, -0.25) is 14.5 Å². The van der Waals surface area contributed by atoms with E-state index in [1.807, 2.05) is 47.8 Å². The number of aliphatic hydroxyl groups is 1. The smallest absolute Gasteiger partial charge is 0.300 e. The van der Waals surface area contributed by atoms with Gasteiger partial charge < -0.3 is 14.6 Å². The Morgan fingerprint density at radius 3 is 2.18 bits per heavy atom. The quantitative estimate of drug-likeness (QED) is 0.141. The molecule has 6 nitrogen and oxygen atoms in total. The molecule has 1 aromatic heterocycles. The van der Waals surface area contributed by atoms with E-state index in [2.05, 4.69) is 13.8 Å². The minimum atomic E-state index is -0.752. The summed E-state index contributed by atoms with van der Waals surface area (Å²) >= 11 is 1.42. The van der Waals surface area contributed by atoms with Gasteiger partial charge in [0.25, 0.3) is 11.7 Å². The first-order chi connectivity index (χ1) is 18.9. The first-order valence-electron chi connectivity index (χ1n) is 12.8. The molecule has 2 heterocycles. The van der Waals surface area contributed by atoms with Gasteiger partial charge in [0, 0.05) is 16.1 Å². The van der Waals surface area contributed by atoms with E-state index in [1.54, 1.807) is 48.5 Å². The van der Waals surface area contributed by atoms with Crippen LogP contribution >= 0.6 is 11.3 Å². The molecule has 0 saturated carbocycles. The topological polar surface area (TPSA) is 76.1 Å². The Kier molecular flexibility index (Phi) is 7.79. The molecular weight excluding hydrogens is 510 g/mol. The van der Waals surface area contributed by atoms with Crippen molar-refractivity contribution in [2.75, 3.05) is 11.5 Å². The highest BCUT2D eigenvalue weighted by Gasteiger charge is 2.47. The summed E-state index contributed by atoms with van der Waals surface area (Å²) in [5.41, 5.74) is 2.09. The lowest BCUT2D eigenvalue weighted by Gasteiger charge is -2.24. The molecule has 5 rings (SSSR count). The SMILES string of the molecule is CC(C)COc1ccc(/C(O)=C2/C(=O)C(=O)N(c3ccc(OCc4ccccc4)cc3)C2c2cccs2)cc1. The van der Waals surface area contributed by atoms with Gasteiger partial charge in [-0.1, -0.05) is 50.2 Å². The molecule has 1 aliphatic heterocycles. The molecule has 1 fully saturated rings. The molecule has 1 atom stereocenters. The number of nitrogens with zero attached hydrogens (tertiary/aromatic N) is 1. The number of carbonyl (C=O) groups is 2. The van der Waals surface area contributed by atoms with Crippen molar-refractivity contribution in [3.63, 3.8) is 0 Å². The van der Waals surface area contributed by atoms with Crippen molar-refractivity contribution in [2.24, 2.45) is 5.92 Å². The lowest BCUT2D eigenvalue weighted by molar-refractivity contribution is -0.132. The fourth-order valence-corrected chi connectivity index (χ4v) is 5.21. The molecule has 3 aromatic carbocycles. The first kappa shape index (κ1) is 26.3. The molecule has 39 heavy (non-hydrogen) atoms. The van der Waals surface area contributed by atoms with Gasteiger partial charge in [0.15, 0.2) is 0 Å². The summed E-state index contributed by atoms with van der Waals surface area (Å²) in [5.74, 6) is 0.0637. The molecule has 0 radical (unpaired) electrons. The van der Waals surface area contributed by atoms with Crippen LogP contribution in [-0.2, 0) is 16.2 Å². The van der Waals surface area contributed by atoms with Crippen LogP contribution in [0.2, 0.25) is 0 Å². The molecule has 0 spiro atoms. The second-order valence-corrected chi connectivity index (χ2v) is 10.7. The average Bonchev–Trinajstić information content (AvgIpc) is 3.58. The fraction of sp³-hybridized carbons (Fsp3) is 0.188. The van der Waals surface area contributed by atoms with Crippen molar-refractivity contribution in [1.29, 1.82) is 0 Å². The van der Waals surface area contributed by atoms with Crippen molar-refractivity contribution in [1.82, 2.24) is 0 Å². The maximum Gasteiger partial charge on any atom is 0.300 e. The average molecular weight is 540 g/mol. The molecule has 0 aliphatic carbocycles. The minimum absolute atomic E-state index is 0.0581. The number of ether oxygens (including phenoxy) is 2. The second kappa shape index (κ2) is 11.6. The highest BCUT2D eigenvalue weighted by Crippen LogP contribution is 2.44. The number of Topliss-reactive ketones (excluding diaryl/α,β-unsaturated/α-hetero) is 1. The third-order valence-electron chi connectivity index (χ3n) is 6.33. The molecule has 198 valence electrons. The number of carbonyl (C=O) groups excluding carboxylic acids is 2. The van der Waals surface area contributed by atoms with Gasteiger partial charge in [-0.15, -0.1) is 11.3 Å². The lowest BCUT2D eigenvalue weighted by Crippen LogP contribution is -2.29. The summed E-state index contributed by atoms with van der Waals surface area (Å²) in [6.45, 7) is 5.12. The van der Waals surface area contributed by atoms with Crippen LogP contribution < -0.4 is 14.4 Å². The monoisotopic (exact) mass is 539 g/mol. The predicted molar refractivity (Wildman–Crippen MR) is 153 cm³/mol. The highest BCUT2D eigenvalue weighted by molar-refractivity contribution is 7.10. The van der Waals surface area contributed by atoms with Gasteiger partial charge in [0.05, 0.1) is 12.2 Å². The van der Waals surface area contributed by atoms with Gasteiger partial charge >= 0.3 is 0 Å². The maximum absolute atomic E-state index is 13.3. The Bertz CT molecular complexity index is 1460. The normalized spacial score (nSPS) is 16.6. The summed E-state index contributed by atoms with van der Waals surface area (Å²) in [6.07, 6.45) is 0. The van der Waals surface area contributed by atoms with Crippen LogP contribution in [0.3, 0.4) is 0 Å². The van der Waals surface area contributed by atoms with Crippen LogP contribution in [0.1, 0.15) is 35.9 Å². The van der Waals surface area contributed by atoms with Crippen LogP contribution in [0.25, 0.3) is 5.76 Å². The van der Waals surface area contributed by atoms with E-state index in [-0.39, 0.29) is 11.3 Å². The molecule has 4 aromatic rings. The molecule has 7 heteroatoms. The number of ketones is 1. The molecule has 1 saturated heterocycles. The standard InChI is InChI=1S/C32H29NO5S/c1-21(2)19-37-25-14-10-23(11-15-25)30(34)28-29(27-9-6-18-39-27)33(32(36)31(28)35)24-12-16-26(17-13-24)38-20-22-7-4-3-5-8-22/h3-18,21,29,34H,19-20H2,1-2H3/b30-28-. The van der Waals surface area contributed by atoms with Crippen molar-refractivity contribution >= 4 is 34.5 Å². The summed E-state index contributed by atoms with van der Waals surface area (Å²) in [4.78, 5) is 28.9. The number of thiophene rings is 1. The third-order valence-corrected chi connectivity index (χ3v) is 7.26. The zero-order chi connectivity index (χ0) is 27.4. The fourth-order valence-electron chi connectivity index (χ4n) is 4.39. The van der Waals surface area contributed by atoms with Crippen LogP contribution in [0, 0.1) is 5.92 Å². The number of rotatable bonds is 9. The number of anilines is 1. The van der Waals surface area contributed by atoms with Crippen LogP contribution in [0.5, 0.6) is 11.5 Å². The Morgan fingerprint density at radius 1 is 0.872 bits per heavy atom. The van der Waals surface area contributed by atoms with Gasteiger partial charge in [0.1, 0.15) is 29.9 Å². The molecule has 0 bridgehead atoms. The summed E-state index contributed by atoms with van der Waals surface area (Å²) in [5, 5.41) is 13.2. The van der Waals surface area contributed by atoms with Crippen molar-refractivity contribution in [3.8, 4) is 11.5 Å². The Morgan fingerprint density at radius 2 is 1.54 bits per heavy atom.